The molecule has 1 nitrogen and oxygen atoms in total. The van der Waals surface area contributed by atoms with Gasteiger partial charge in [-0.1, -0.05) is 146 Å². The van der Waals surface area contributed by atoms with E-state index in [2.05, 4.69) is 168 Å². The Bertz CT molecular complexity index is 2200. The number of para-hydroxylation sites is 2. The lowest BCUT2D eigenvalue weighted by atomic mass is 9.66. The predicted molar refractivity (Wildman–Crippen MR) is 176 cm³/mol. The van der Waals surface area contributed by atoms with Crippen LogP contribution in [0.25, 0.3) is 49.4 Å². The van der Waals surface area contributed by atoms with E-state index in [9.17, 15) is 0 Å². The summed E-state index contributed by atoms with van der Waals surface area (Å²) in [7, 11) is 0. The van der Waals surface area contributed by atoms with Crippen LogP contribution in [0.5, 0.6) is 0 Å². The molecule has 0 amide bonds. The molecule has 0 atom stereocenters. The molecule has 7 aromatic carbocycles. The smallest absolute Gasteiger partial charge is 0.0719 e. The fourth-order valence-electron chi connectivity index (χ4n) is 7.67. The van der Waals surface area contributed by atoms with Gasteiger partial charge in [0.15, 0.2) is 0 Å². The van der Waals surface area contributed by atoms with Crippen molar-refractivity contribution in [3.63, 3.8) is 0 Å². The molecule has 1 heteroatoms. The zero-order valence-electron chi connectivity index (χ0n) is 23.0. The molecule has 0 radical (unpaired) electrons. The molecule has 9 rings (SSSR count). The normalized spacial score (nSPS) is 13.4. The summed E-state index contributed by atoms with van der Waals surface area (Å²) in [5.41, 5.74) is 11.1. The van der Waals surface area contributed by atoms with E-state index in [1.54, 1.807) is 0 Å². The molecule has 0 spiro atoms. The van der Waals surface area contributed by atoms with E-state index < -0.39 is 5.41 Å². The lowest BCUT2D eigenvalue weighted by molar-refractivity contribution is 0.775. The monoisotopic (exact) mass is 533 g/mol. The maximum absolute atomic E-state index is 2.45. The summed E-state index contributed by atoms with van der Waals surface area (Å²) in [6, 6.07) is 60.2. The topological polar surface area (TPSA) is 4.93 Å². The Labute approximate surface area is 244 Å². The molecule has 196 valence electrons. The highest BCUT2D eigenvalue weighted by atomic mass is 15.0. The van der Waals surface area contributed by atoms with Gasteiger partial charge in [-0.2, -0.15) is 0 Å². The largest absolute Gasteiger partial charge is 0.309 e. The molecule has 42 heavy (non-hydrogen) atoms. The highest BCUT2D eigenvalue weighted by Crippen LogP contribution is 2.58. The minimum absolute atomic E-state index is 0.437. The number of hydrogen-bond acceptors (Lipinski definition) is 0. The van der Waals surface area contributed by atoms with Gasteiger partial charge >= 0.3 is 0 Å². The predicted octanol–water partition coefficient (Wildman–Crippen LogP) is 10.3. The molecule has 0 N–H and O–H groups in total. The third kappa shape index (κ3) is 2.97. The summed E-state index contributed by atoms with van der Waals surface area (Å²) in [6.07, 6.45) is 0. The maximum atomic E-state index is 2.45. The Morgan fingerprint density at radius 1 is 0.357 bits per heavy atom. The molecule has 1 heterocycles. The SMILES string of the molecule is c1ccc(C2(c3ccccc3)c3ccccc3-c3ccc4c(-n5c6ccccc6c6ccccc65)cccc4c32)cc1. The van der Waals surface area contributed by atoms with Crippen LogP contribution in [-0.2, 0) is 5.41 Å². The number of fused-ring (bicyclic) bond motifs is 8. The number of benzene rings is 7. The van der Waals surface area contributed by atoms with Crippen molar-refractivity contribution in [3.8, 4) is 16.8 Å². The third-order valence-electron chi connectivity index (χ3n) is 9.27. The number of rotatable bonds is 3. The van der Waals surface area contributed by atoms with Gasteiger partial charge in [0.05, 0.1) is 22.1 Å². The Morgan fingerprint density at radius 3 is 1.57 bits per heavy atom. The number of hydrogen-bond donors (Lipinski definition) is 0. The van der Waals surface area contributed by atoms with Crippen LogP contribution in [0.3, 0.4) is 0 Å². The van der Waals surface area contributed by atoms with Gasteiger partial charge in [-0.05, 0) is 57.0 Å². The van der Waals surface area contributed by atoms with Crippen molar-refractivity contribution in [2.45, 2.75) is 5.41 Å². The van der Waals surface area contributed by atoms with E-state index in [-0.39, 0.29) is 0 Å². The summed E-state index contributed by atoms with van der Waals surface area (Å²) in [5.74, 6) is 0. The molecule has 1 aromatic heterocycles. The summed E-state index contributed by atoms with van der Waals surface area (Å²) in [4.78, 5) is 0. The van der Waals surface area contributed by atoms with Crippen LogP contribution in [0.2, 0.25) is 0 Å². The Hall–Kier alpha value is -5.40. The van der Waals surface area contributed by atoms with Gasteiger partial charge in [0.25, 0.3) is 0 Å². The second-order valence-corrected chi connectivity index (χ2v) is 11.3. The molecule has 0 unspecified atom stereocenters. The van der Waals surface area contributed by atoms with Gasteiger partial charge in [0.1, 0.15) is 0 Å². The molecular formula is C41H27N. The van der Waals surface area contributed by atoms with Gasteiger partial charge in [-0.15, -0.1) is 0 Å². The maximum Gasteiger partial charge on any atom is 0.0719 e. The number of nitrogens with zero attached hydrogens (tertiary/aromatic N) is 1. The average Bonchev–Trinajstić information content (AvgIpc) is 3.57. The second-order valence-electron chi connectivity index (χ2n) is 11.3. The summed E-state index contributed by atoms with van der Waals surface area (Å²) >= 11 is 0. The van der Waals surface area contributed by atoms with Crippen LogP contribution in [0, 0.1) is 0 Å². The fourth-order valence-corrected chi connectivity index (χ4v) is 7.67. The zero-order valence-corrected chi connectivity index (χ0v) is 23.0. The van der Waals surface area contributed by atoms with Crippen molar-refractivity contribution in [3.05, 3.63) is 186 Å². The Kier molecular flexibility index (Phi) is 4.88. The third-order valence-corrected chi connectivity index (χ3v) is 9.27. The molecule has 0 fully saturated rings. The van der Waals surface area contributed by atoms with Crippen molar-refractivity contribution in [2.24, 2.45) is 0 Å². The van der Waals surface area contributed by atoms with Crippen LogP contribution in [0.15, 0.2) is 164 Å². The summed E-state index contributed by atoms with van der Waals surface area (Å²) in [6.45, 7) is 0. The van der Waals surface area contributed by atoms with Crippen molar-refractivity contribution in [2.75, 3.05) is 0 Å². The molecule has 0 aliphatic heterocycles. The molecule has 8 aromatic rings. The van der Waals surface area contributed by atoms with Crippen LogP contribution in [0.1, 0.15) is 22.3 Å². The summed E-state index contributed by atoms with van der Waals surface area (Å²) in [5, 5.41) is 5.10. The van der Waals surface area contributed by atoms with E-state index in [0.29, 0.717) is 0 Å². The van der Waals surface area contributed by atoms with Crippen LogP contribution in [-0.4, -0.2) is 4.57 Å². The van der Waals surface area contributed by atoms with Crippen LogP contribution < -0.4 is 0 Å². The van der Waals surface area contributed by atoms with E-state index in [0.717, 1.165) is 0 Å². The molecular weight excluding hydrogens is 506 g/mol. The summed E-state index contributed by atoms with van der Waals surface area (Å²) < 4.78 is 2.45. The van der Waals surface area contributed by atoms with E-state index >= 15 is 0 Å². The molecule has 1 aliphatic carbocycles. The lowest BCUT2D eigenvalue weighted by Crippen LogP contribution is -2.28. The minimum Gasteiger partial charge on any atom is -0.309 e. The molecule has 1 aliphatic rings. The zero-order chi connectivity index (χ0) is 27.7. The fraction of sp³-hybridized carbons (Fsp3) is 0.0244. The minimum atomic E-state index is -0.437. The second kappa shape index (κ2) is 8.80. The van der Waals surface area contributed by atoms with Gasteiger partial charge in [-0.25, -0.2) is 0 Å². The average molecular weight is 534 g/mol. The van der Waals surface area contributed by atoms with Gasteiger partial charge < -0.3 is 4.57 Å². The van der Waals surface area contributed by atoms with Crippen molar-refractivity contribution < 1.29 is 0 Å². The van der Waals surface area contributed by atoms with Gasteiger partial charge in [-0.3, -0.25) is 0 Å². The number of aromatic nitrogens is 1. The van der Waals surface area contributed by atoms with Crippen molar-refractivity contribution >= 4 is 32.6 Å². The van der Waals surface area contributed by atoms with Gasteiger partial charge in [0.2, 0.25) is 0 Å². The Morgan fingerprint density at radius 2 is 0.905 bits per heavy atom. The Balaban J connectivity index is 1.46. The first-order chi connectivity index (χ1) is 20.9. The van der Waals surface area contributed by atoms with Crippen LogP contribution >= 0.6 is 0 Å². The quantitative estimate of drug-likeness (QED) is 0.213. The van der Waals surface area contributed by atoms with E-state index in [1.165, 1.54) is 71.6 Å². The van der Waals surface area contributed by atoms with Crippen molar-refractivity contribution in [1.82, 2.24) is 4.57 Å². The molecule has 0 saturated heterocycles. The lowest BCUT2D eigenvalue weighted by Gasteiger charge is -2.34. The highest BCUT2D eigenvalue weighted by Gasteiger charge is 2.47. The first-order valence-corrected chi connectivity index (χ1v) is 14.6. The van der Waals surface area contributed by atoms with Crippen molar-refractivity contribution in [1.29, 1.82) is 0 Å². The van der Waals surface area contributed by atoms with Crippen LogP contribution in [0.4, 0.5) is 0 Å². The van der Waals surface area contributed by atoms with Gasteiger partial charge in [0, 0.05) is 16.2 Å². The van der Waals surface area contributed by atoms with E-state index in [1.807, 2.05) is 0 Å². The molecule has 0 bridgehead atoms. The highest BCUT2D eigenvalue weighted by molar-refractivity contribution is 6.11. The molecule has 0 saturated carbocycles. The first kappa shape index (κ1) is 23.3. The van der Waals surface area contributed by atoms with E-state index in [4.69, 9.17) is 0 Å². The first-order valence-electron chi connectivity index (χ1n) is 14.6. The standard InChI is InChI=1S/C41H27N/c1-3-14-28(15-4-1)41(29-16-5-2-6-17-29)36-22-10-7-18-30(36)35-27-26-33-34(40(35)41)21-13-25-39(33)42-37-23-11-8-19-31(37)32-20-9-12-24-38(32)42/h1-27H.